The number of aryl methyl sites for hydroxylation is 1. The summed E-state index contributed by atoms with van der Waals surface area (Å²) in [5.74, 6) is -0.213. The first-order chi connectivity index (χ1) is 16.0. The lowest BCUT2D eigenvalue weighted by Gasteiger charge is -2.33. The second-order valence-corrected chi connectivity index (χ2v) is 10.6. The van der Waals surface area contributed by atoms with E-state index in [0.29, 0.717) is 25.0 Å². The fourth-order valence-corrected chi connectivity index (χ4v) is 6.21. The van der Waals surface area contributed by atoms with Gasteiger partial charge in [-0.25, -0.2) is 13.1 Å². The van der Waals surface area contributed by atoms with Crippen molar-refractivity contribution in [1.29, 1.82) is 0 Å². The lowest BCUT2D eigenvalue weighted by molar-refractivity contribution is -0.125. The zero-order valence-electron chi connectivity index (χ0n) is 19.3. The minimum atomic E-state index is -3.83. The number of aromatic nitrogens is 3. The fraction of sp³-hybridized carbons (Fsp3) is 0.682. The predicted octanol–water partition coefficient (Wildman–Crippen LogP) is 1.22. The number of hydrogen-bond acceptors (Lipinski definition) is 7. The molecular weight excluding hydrogens is 444 g/mol. The topological polar surface area (TPSA) is 110 Å². The quantitative estimate of drug-likeness (QED) is 0.540. The number of hydrogen-bond donors (Lipinski definition) is 1. The smallest absolute Gasteiger partial charge is 0.243 e. The van der Waals surface area contributed by atoms with Crippen molar-refractivity contribution in [3.8, 4) is 0 Å². The van der Waals surface area contributed by atoms with Crippen molar-refractivity contribution in [2.24, 2.45) is 0 Å². The van der Waals surface area contributed by atoms with Crippen molar-refractivity contribution in [3.63, 3.8) is 0 Å². The van der Waals surface area contributed by atoms with E-state index in [1.165, 1.54) is 4.31 Å². The Morgan fingerprint density at radius 2 is 2.00 bits per heavy atom. The summed E-state index contributed by atoms with van der Waals surface area (Å²) >= 11 is 0. The molecule has 182 valence electrons. The molecule has 10 nitrogen and oxygen atoms in total. The van der Waals surface area contributed by atoms with Crippen molar-refractivity contribution in [3.05, 3.63) is 18.2 Å². The molecule has 1 N–H and O–H groups in total. The van der Waals surface area contributed by atoms with E-state index in [0.717, 1.165) is 70.6 Å². The average molecular weight is 479 g/mol. The monoisotopic (exact) mass is 478 g/mol. The van der Waals surface area contributed by atoms with Gasteiger partial charge >= 0.3 is 0 Å². The number of morpholine rings is 1. The van der Waals surface area contributed by atoms with Crippen molar-refractivity contribution in [2.45, 2.75) is 56.5 Å². The molecule has 0 radical (unpaired) electrons. The first-order valence-corrected chi connectivity index (χ1v) is 13.4. The third-order valence-corrected chi connectivity index (χ3v) is 8.24. The third-order valence-electron chi connectivity index (χ3n) is 6.34. The Labute approximate surface area is 195 Å². The van der Waals surface area contributed by atoms with Gasteiger partial charge in [-0.3, -0.25) is 9.69 Å². The Morgan fingerprint density at radius 1 is 1.18 bits per heavy atom. The van der Waals surface area contributed by atoms with Gasteiger partial charge in [0.05, 0.1) is 23.6 Å². The number of benzene rings is 1. The minimum Gasteiger partial charge on any atom is -0.379 e. The normalized spacial score (nSPS) is 20.8. The molecule has 2 aliphatic rings. The van der Waals surface area contributed by atoms with Crippen LogP contribution in [0.1, 0.15) is 39.0 Å². The minimum absolute atomic E-state index is 0.158. The van der Waals surface area contributed by atoms with Crippen LogP contribution in [-0.4, -0.2) is 90.5 Å². The summed E-state index contributed by atoms with van der Waals surface area (Å²) in [5, 5.41) is 11.2. The maximum Gasteiger partial charge on any atom is 0.243 e. The van der Waals surface area contributed by atoms with E-state index in [-0.39, 0.29) is 10.8 Å². The van der Waals surface area contributed by atoms with Crippen LogP contribution in [0, 0.1) is 0 Å². The van der Waals surface area contributed by atoms with Gasteiger partial charge < -0.3 is 10.1 Å². The predicted molar refractivity (Wildman–Crippen MR) is 124 cm³/mol. The van der Waals surface area contributed by atoms with Gasteiger partial charge in [-0.05, 0) is 50.4 Å². The molecule has 0 unspecified atom stereocenters. The van der Waals surface area contributed by atoms with Crippen LogP contribution in [0.25, 0.3) is 11.0 Å². The largest absolute Gasteiger partial charge is 0.379 e. The summed E-state index contributed by atoms with van der Waals surface area (Å²) in [7, 11) is -3.83. The Kier molecular flexibility index (Phi) is 7.94. The van der Waals surface area contributed by atoms with Gasteiger partial charge in [0.15, 0.2) is 0 Å². The molecule has 0 bridgehead atoms. The van der Waals surface area contributed by atoms with E-state index in [1.807, 2.05) is 0 Å². The molecule has 2 fully saturated rings. The number of sulfonamides is 1. The van der Waals surface area contributed by atoms with Gasteiger partial charge in [0, 0.05) is 32.7 Å². The molecule has 0 aliphatic carbocycles. The van der Waals surface area contributed by atoms with Crippen LogP contribution >= 0.6 is 0 Å². The molecule has 4 rings (SSSR count). The Morgan fingerprint density at radius 3 is 2.79 bits per heavy atom. The van der Waals surface area contributed by atoms with Gasteiger partial charge in [-0.15, -0.1) is 5.10 Å². The van der Waals surface area contributed by atoms with Gasteiger partial charge in [0.2, 0.25) is 15.9 Å². The average Bonchev–Trinajstić information content (AvgIpc) is 3.25. The molecule has 1 aromatic heterocycles. The van der Waals surface area contributed by atoms with E-state index in [4.69, 9.17) is 4.74 Å². The van der Waals surface area contributed by atoms with Gasteiger partial charge in [0.25, 0.3) is 0 Å². The number of carbonyl (C=O) groups is 1. The van der Waals surface area contributed by atoms with Crippen molar-refractivity contribution in [2.75, 3.05) is 45.9 Å². The van der Waals surface area contributed by atoms with Crippen molar-refractivity contribution < 1.29 is 17.9 Å². The van der Waals surface area contributed by atoms with E-state index in [2.05, 4.69) is 27.5 Å². The molecular formula is C22H34N6O4S. The highest BCUT2D eigenvalue weighted by atomic mass is 32.2. The van der Waals surface area contributed by atoms with Crippen LogP contribution in [-0.2, 0) is 26.1 Å². The highest BCUT2D eigenvalue weighted by Gasteiger charge is 2.37. The van der Waals surface area contributed by atoms with Crippen LogP contribution < -0.4 is 5.32 Å². The SMILES string of the molecule is CCCn1nnc2cc(S(=O)(=O)N3CCCC[C@@H]3C(=O)NCCCN3CCOCC3)ccc21. The second kappa shape index (κ2) is 10.9. The molecule has 2 aromatic rings. The number of amides is 1. The third kappa shape index (κ3) is 5.53. The molecule has 2 saturated heterocycles. The molecule has 1 aromatic carbocycles. The molecule has 3 heterocycles. The summed E-state index contributed by atoms with van der Waals surface area (Å²) in [6.07, 6.45) is 3.85. The molecule has 1 atom stereocenters. The van der Waals surface area contributed by atoms with E-state index in [9.17, 15) is 13.2 Å². The van der Waals surface area contributed by atoms with Crippen molar-refractivity contribution >= 4 is 27.0 Å². The molecule has 0 saturated carbocycles. The first-order valence-electron chi connectivity index (χ1n) is 11.9. The molecule has 33 heavy (non-hydrogen) atoms. The molecule has 2 aliphatic heterocycles. The second-order valence-electron chi connectivity index (χ2n) is 8.69. The Bertz CT molecular complexity index is 1050. The van der Waals surface area contributed by atoms with E-state index >= 15 is 0 Å². The van der Waals surface area contributed by atoms with Gasteiger partial charge in [-0.2, -0.15) is 4.31 Å². The highest BCUT2D eigenvalue weighted by molar-refractivity contribution is 7.89. The summed E-state index contributed by atoms with van der Waals surface area (Å²) in [5.41, 5.74) is 1.36. The summed E-state index contributed by atoms with van der Waals surface area (Å²) < 4.78 is 35.5. The van der Waals surface area contributed by atoms with Crippen LogP contribution in [0.15, 0.2) is 23.1 Å². The number of piperidine rings is 1. The molecule has 11 heteroatoms. The summed E-state index contributed by atoms with van der Waals surface area (Å²) in [6, 6.07) is 4.23. The lowest BCUT2D eigenvalue weighted by atomic mass is 10.0. The summed E-state index contributed by atoms with van der Waals surface area (Å²) in [4.78, 5) is 15.4. The number of nitrogens with one attached hydrogen (secondary N) is 1. The number of rotatable bonds is 9. The van der Waals surface area contributed by atoms with Crippen molar-refractivity contribution in [1.82, 2.24) is 29.5 Å². The van der Waals surface area contributed by atoms with Crippen LogP contribution in [0.4, 0.5) is 0 Å². The number of nitrogens with zero attached hydrogens (tertiary/aromatic N) is 5. The van der Waals surface area contributed by atoms with Crippen LogP contribution in [0.2, 0.25) is 0 Å². The fourth-order valence-electron chi connectivity index (χ4n) is 4.54. The molecule has 0 spiro atoms. The number of ether oxygens (including phenoxy) is 1. The number of fused-ring (bicyclic) bond motifs is 1. The lowest BCUT2D eigenvalue weighted by Crippen LogP contribution is -2.52. The van der Waals surface area contributed by atoms with E-state index < -0.39 is 16.1 Å². The van der Waals surface area contributed by atoms with Gasteiger partial charge in [-0.1, -0.05) is 18.6 Å². The summed E-state index contributed by atoms with van der Waals surface area (Å²) in [6.45, 7) is 7.89. The zero-order valence-corrected chi connectivity index (χ0v) is 20.1. The zero-order chi connectivity index (χ0) is 23.3. The number of carbonyl (C=O) groups excluding carboxylic acids is 1. The van der Waals surface area contributed by atoms with Crippen LogP contribution in [0.3, 0.4) is 0 Å². The van der Waals surface area contributed by atoms with Crippen LogP contribution in [0.5, 0.6) is 0 Å². The highest BCUT2D eigenvalue weighted by Crippen LogP contribution is 2.27. The maximum atomic E-state index is 13.5. The van der Waals surface area contributed by atoms with E-state index in [1.54, 1.807) is 22.9 Å². The molecule has 1 amide bonds. The standard InChI is InChI=1S/C22H34N6O4S/c1-2-10-27-20-8-7-18(17-19(20)24-25-27)33(30,31)28-12-4-3-6-21(28)22(29)23-9-5-11-26-13-15-32-16-14-26/h7-8,17,21H,2-6,9-16H2,1H3,(H,23,29)/t21-/m1/s1. The van der Waals surface area contributed by atoms with Gasteiger partial charge in [0.1, 0.15) is 11.6 Å². The maximum absolute atomic E-state index is 13.5. The Hall–Kier alpha value is -2.08. The first kappa shape index (κ1) is 24.1. The Balaban J connectivity index is 1.42.